The Morgan fingerprint density at radius 1 is 0.939 bits per heavy atom. The number of carbonyl (C=O) groups excluding carboxylic acids is 1. The number of methoxy groups -OCH3 is 3. The predicted octanol–water partition coefficient (Wildman–Crippen LogP) is 2.86. The third kappa shape index (κ3) is 15.3. The average Bonchev–Trinajstić information content (AvgIpc) is 2.79. The standard InChI is InChI=1S/C19H44N4O8P2/c1-7-28-19(24)18(20)10-8-9-11-22-33(21-2,31-17-14-27-5)23-32(6,29-15-12-25-3)30-16-13-26-4/h18,22H,7-17,20H2,1-6H3/t18-,33?/m0/s1. The summed E-state index contributed by atoms with van der Waals surface area (Å²) in [6, 6.07) is -0.624. The van der Waals surface area contributed by atoms with Crippen LogP contribution in [0, 0.1) is 0 Å². The number of esters is 1. The largest absolute Gasteiger partial charge is 0.465 e. The molecule has 2 atom stereocenters. The molecular weight excluding hydrogens is 474 g/mol. The van der Waals surface area contributed by atoms with Gasteiger partial charge >= 0.3 is 5.97 Å². The molecule has 0 bridgehead atoms. The van der Waals surface area contributed by atoms with Gasteiger partial charge in [-0.25, -0.2) is 9.83 Å². The zero-order valence-corrected chi connectivity index (χ0v) is 22.8. The van der Waals surface area contributed by atoms with E-state index in [1.165, 1.54) is 0 Å². The van der Waals surface area contributed by atoms with Crippen molar-refractivity contribution in [3.8, 4) is 0 Å². The number of rotatable bonds is 21. The molecule has 3 N–H and O–H groups in total. The van der Waals surface area contributed by atoms with Gasteiger partial charge in [-0.3, -0.25) is 4.79 Å². The number of nitrogens with two attached hydrogens (primary N) is 1. The van der Waals surface area contributed by atoms with Crippen LogP contribution in [0.4, 0.5) is 0 Å². The van der Waals surface area contributed by atoms with Crippen LogP contribution in [0.5, 0.6) is 0 Å². The third-order valence-electron chi connectivity index (χ3n) is 4.20. The van der Waals surface area contributed by atoms with E-state index in [0.717, 1.165) is 12.8 Å². The van der Waals surface area contributed by atoms with Crippen molar-refractivity contribution in [3.63, 3.8) is 0 Å². The molecule has 0 aliphatic carbocycles. The summed E-state index contributed by atoms with van der Waals surface area (Å²) in [5.41, 5.74) is 5.86. The molecule has 0 saturated carbocycles. The van der Waals surface area contributed by atoms with Gasteiger partial charge in [-0.05, 0) is 19.8 Å². The van der Waals surface area contributed by atoms with Gasteiger partial charge in [0.05, 0.1) is 46.2 Å². The first-order valence-electron chi connectivity index (χ1n) is 11.0. The molecule has 14 heteroatoms. The molecule has 0 amide bonds. The van der Waals surface area contributed by atoms with E-state index < -0.39 is 21.1 Å². The van der Waals surface area contributed by atoms with E-state index in [1.54, 1.807) is 35.3 Å². The van der Waals surface area contributed by atoms with Gasteiger partial charge in [-0.1, -0.05) is 6.42 Å². The van der Waals surface area contributed by atoms with Crippen molar-refractivity contribution in [2.75, 3.05) is 87.8 Å². The van der Waals surface area contributed by atoms with Crippen molar-refractivity contribution in [1.29, 1.82) is 0 Å². The minimum atomic E-state index is -2.80. The molecule has 0 aromatic carbocycles. The minimum Gasteiger partial charge on any atom is -0.465 e. The Morgan fingerprint density at radius 2 is 1.48 bits per heavy atom. The lowest BCUT2D eigenvalue weighted by atomic mass is 10.1. The number of nitrogens with one attached hydrogen (secondary N) is 1. The zero-order valence-electron chi connectivity index (χ0n) is 21.0. The van der Waals surface area contributed by atoms with Gasteiger partial charge in [0.2, 0.25) is 7.51 Å². The van der Waals surface area contributed by atoms with Gasteiger partial charge in [0.1, 0.15) is 6.04 Å². The molecule has 0 aromatic heterocycles. The minimum absolute atomic E-state index is 0.308. The van der Waals surface area contributed by atoms with Crippen molar-refractivity contribution in [2.24, 2.45) is 15.0 Å². The monoisotopic (exact) mass is 518 g/mol. The molecule has 0 fully saturated rings. The van der Waals surface area contributed by atoms with Crippen LogP contribution in [0.2, 0.25) is 0 Å². The summed E-state index contributed by atoms with van der Waals surface area (Å²) in [5, 5.41) is 3.35. The summed E-state index contributed by atoms with van der Waals surface area (Å²) in [6.45, 7) is 6.63. The molecular formula is C19H44N4O8P2. The molecule has 0 aliphatic rings. The molecule has 12 nitrogen and oxygen atoms in total. The number of unbranched alkanes of at least 4 members (excludes halogenated alkanes) is 1. The van der Waals surface area contributed by atoms with Crippen LogP contribution in [0.15, 0.2) is 9.26 Å². The Labute approximate surface area is 199 Å². The van der Waals surface area contributed by atoms with E-state index in [1.807, 2.05) is 6.66 Å². The molecule has 0 saturated heterocycles. The Hall–Kier alpha value is -0.390. The van der Waals surface area contributed by atoms with Crippen molar-refractivity contribution in [3.05, 3.63) is 0 Å². The van der Waals surface area contributed by atoms with Crippen LogP contribution >= 0.6 is 15.1 Å². The molecule has 0 spiro atoms. The Bertz CT molecular complexity index is 611. The molecule has 1 unspecified atom stereocenters. The highest BCUT2D eigenvalue weighted by molar-refractivity contribution is 7.68. The van der Waals surface area contributed by atoms with Gasteiger partial charge in [0.15, 0.2) is 0 Å². The number of hydrogen-bond acceptors (Lipinski definition) is 10. The van der Waals surface area contributed by atoms with Crippen LogP contribution in [0.25, 0.3) is 0 Å². The second-order valence-corrected chi connectivity index (χ2v) is 11.8. The summed E-state index contributed by atoms with van der Waals surface area (Å²) < 4.78 is 47.6. The molecule has 33 heavy (non-hydrogen) atoms. The van der Waals surface area contributed by atoms with Crippen molar-refractivity contribution < 1.29 is 37.3 Å². The maximum atomic E-state index is 11.7. The first-order valence-corrected chi connectivity index (χ1v) is 14.6. The van der Waals surface area contributed by atoms with Crippen LogP contribution in [0.1, 0.15) is 26.2 Å². The molecule has 0 aromatic rings. The first-order chi connectivity index (χ1) is 15.8. The smallest absolute Gasteiger partial charge is 0.322 e. The normalized spacial score (nSPS) is 14.5. The van der Waals surface area contributed by atoms with E-state index in [2.05, 4.69) is 9.83 Å². The van der Waals surface area contributed by atoms with Crippen LogP contribution in [-0.4, -0.2) is 99.8 Å². The summed E-state index contributed by atoms with van der Waals surface area (Å²) in [6.07, 6.45) is 2.01. The maximum absolute atomic E-state index is 11.7. The SMILES string of the molecule is CCOC(=O)[C@@H](N)CCCCNP(=NC)(N=P(C)(OCCOC)OCCOC)OCCOC. The lowest BCUT2D eigenvalue weighted by Gasteiger charge is -2.27. The molecule has 0 radical (unpaired) electrons. The fraction of sp³-hybridized carbons (Fsp3) is 0.947. The summed E-state index contributed by atoms with van der Waals surface area (Å²) >= 11 is 0. The topological polar surface area (TPSA) is 144 Å². The van der Waals surface area contributed by atoms with Crippen molar-refractivity contribution in [2.45, 2.75) is 32.2 Å². The second kappa shape index (κ2) is 19.9. The summed E-state index contributed by atoms with van der Waals surface area (Å²) in [7, 11) is 0.957. The highest BCUT2D eigenvalue weighted by atomic mass is 31.2. The highest BCUT2D eigenvalue weighted by Crippen LogP contribution is 2.61. The lowest BCUT2D eigenvalue weighted by molar-refractivity contribution is -0.144. The fourth-order valence-electron chi connectivity index (χ4n) is 2.49. The van der Waals surface area contributed by atoms with Crippen molar-refractivity contribution in [1.82, 2.24) is 5.09 Å². The van der Waals surface area contributed by atoms with Crippen LogP contribution in [-0.2, 0) is 37.3 Å². The molecule has 0 rings (SSSR count). The second-order valence-electron chi connectivity index (χ2n) is 6.88. The quantitative estimate of drug-likeness (QED) is 0.132. The Morgan fingerprint density at radius 3 is 1.97 bits per heavy atom. The van der Waals surface area contributed by atoms with E-state index in [9.17, 15) is 4.79 Å². The van der Waals surface area contributed by atoms with Gasteiger partial charge in [0, 0.05) is 41.6 Å². The number of hydrogen-bond donors (Lipinski definition) is 2. The van der Waals surface area contributed by atoms with Crippen LogP contribution in [0.3, 0.4) is 0 Å². The van der Waals surface area contributed by atoms with E-state index >= 15 is 0 Å². The maximum Gasteiger partial charge on any atom is 0.322 e. The Balaban J connectivity index is 5.34. The number of ether oxygens (including phenoxy) is 4. The van der Waals surface area contributed by atoms with Crippen molar-refractivity contribution >= 4 is 21.1 Å². The van der Waals surface area contributed by atoms with E-state index in [-0.39, 0.29) is 5.97 Å². The fourth-order valence-corrected chi connectivity index (χ4v) is 7.47. The zero-order chi connectivity index (χ0) is 25.0. The Kier molecular flexibility index (Phi) is 19.6. The summed E-state index contributed by atoms with van der Waals surface area (Å²) in [5.74, 6) is -0.379. The molecule has 0 aliphatic heterocycles. The molecule has 198 valence electrons. The van der Waals surface area contributed by atoms with Gasteiger partial charge in [-0.2, -0.15) is 4.52 Å². The van der Waals surface area contributed by atoms with Gasteiger partial charge in [0.25, 0.3) is 7.58 Å². The van der Waals surface area contributed by atoms with E-state index in [0.29, 0.717) is 59.2 Å². The highest BCUT2D eigenvalue weighted by Gasteiger charge is 2.26. The van der Waals surface area contributed by atoms with Gasteiger partial charge in [-0.15, -0.1) is 0 Å². The van der Waals surface area contributed by atoms with E-state index in [4.69, 9.17) is 42.8 Å². The first kappa shape index (κ1) is 32.6. The number of nitrogens with zero attached hydrogens (tertiary/aromatic N) is 2. The predicted molar refractivity (Wildman–Crippen MR) is 130 cm³/mol. The lowest BCUT2D eigenvalue weighted by Crippen LogP contribution is -2.32. The summed E-state index contributed by atoms with van der Waals surface area (Å²) in [4.78, 5) is 11.7. The average molecular weight is 519 g/mol. The van der Waals surface area contributed by atoms with Crippen LogP contribution < -0.4 is 10.8 Å². The number of carbonyl (C=O) groups is 1. The molecule has 0 heterocycles. The van der Waals surface area contributed by atoms with Gasteiger partial charge < -0.3 is 38.3 Å². The third-order valence-corrected chi connectivity index (χ3v) is 9.51.